The highest BCUT2D eigenvalue weighted by atomic mass is 19.3. The molecule has 2 atom stereocenters. The molecule has 1 heterocycles. The van der Waals surface area contributed by atoms with E-state index in [1.807, 2.05) is 30.3 Å². The summed E-state index contributed by atoms with van der Waals surface area (Å²) in [5.74, 6) is 8.96. The lowest BCUT2D eigenvalue weighted by Gasteiger charge is -2.29. The minimum absolute atomic E-state index is 0.204. The van der Waals surface area contributed by atoms with E-state index in [9.17, 15) is 13.2 Å². The summed E-state index contributed by atoms with van der Waals surface area (Å²) in [5, 5.41) is 7.28. The predicted octanol–water partition coefficient (Wildman–Crippen LogP) is 5.55. The van der Waals surface area contributed by atoms with E-state index in [1.165, 1.54) is 18.3 Å². The maximum Gasteiger partial charge on any atom is 0.298 e. The molecule has 212 valence electrons. The first-order valence-corrected chi connectivity index (χ1v) is 12.6. The molecule has 0 bridgehead atoms. The third-order valence-corrected chi connectivity index (χ3v) is 6.44. The van der Waals surface area contributed by atoms with Crippen LogP contribution in [-0.4, -0.2) is 29.4 Å². The van der Waals surface area contributed by atoms with Crippen molar-refractivity contribution < 1.29 is 22.0 Å². The molecular formula is C30H27F5N6. The van der Waals surface area contributed by atoms with Gasteiger partial charge in [-0.3, -0.25) is 9.99 Å². The van der Waals surface area contributed by atoms with Crippen LogP contribution < -0.4 is 17.0 Å². The van der Waals surface area contributed by atoms with Crippen LogP contribution in [0.3, 0.4) is 0 Å². The van der Waals surface area contributed by atoms with Gasteiger partial charge in [-0.15, -0.1) is 0 Å². The quantitative estimate of drug-likeness (QED) is 0.0789. The van der Waals surface area contributed by atoms with Gasteiger partial charge >= 0.3 is 0 Å². The number of aromatic nitrogens is 1. The zero-order chi connectivity index (χ0) is 29.4. The number of anilines is 1. The second-order valence-electron chi connectivity index (χ2n) is 9.39. The molecule has 0 fully saturated rings. The van der Waals surface area contributed by atoms with Gasteiger partial charge in [0.2, 0.25) is 0 Å². The molecule has 2 unspecified atom stereocenters. The Morgan fingerprint density at radius 2 is 1.80 bits per heavy atom. The summed E-state index contributed by atoms with van der Waals surface area (Å²) in [7, 11) is 0. The summed E-state index contributed by atoms with van der Waals surface area (Å²) in [6.45, 7) is 0.0732. The number of hydrazine groups is 1. The number of nitrogens with zero attached hydrogens (tertiary/aromatic N) is 3. The molecule has 4 rings (SSSR count). The minimum Gasteiger partial charge on any atom is -0.384 e. The standard InChI is InChI=1S/C30H27F5N6/c31-23-8-3-22(4-9-23)16-38-25-11-5-20(6-12-25)1-2-21-7-14-29(39-17-21)30(34,35)27(18-41(37)19-40-36)26-13-10-24(32)15-28(26)33/h3,5-15,17,19,22,27,38H,4,16,18,36-37H2/b40-19-. The van der Waals surface area contributed by atoms with Crippen molar-refractivity contribution in [3.8, 4) is 11.8 Å². The summed E-state index contributed by atoms with van der Waals surface area (Å²) in [5.41, 5.74) is 0.881. The van der Waals surface area contributed by atoms with Crippen LogP contribution in [0.4, 0.5) is 27.6 Å². The smallest absolute Gasteiger partial charge is 0.298 e. The van der Waals surface area contributed by atoms with E-state index in [0.717, 1.165) is 35.2 Å². The van der Waals surface area contributed by atoms with Gasteiger partial charge in [0.25, 0.3) is 5.92 Å². The first kappa shape index (κ1) is 29.3. The fourth-order valence-corrected chi connectivity index (χ4v) is 4.23. The molecular weight excluding hydrogens is 539 g/mol. The normalized spacial score (nSPS) is 15.7. The Balaban J connectivity index is 1.46. The minimum atomic E-state index is -3.70. The molecule has 0 spiro atoms. The molecule has 2 aromatic carbocycles. The number of allylic oxidation sites excluding steroid dienone is 3. The number of halogens is 5. The molecule has 1 aliphatic rings. The number of hydrogen-bond donors (Lipinski definition) is 3. The average molecular weight is 567 g/mol. The Bertz CT molecular complexity index is 1490. The highest BCUT2D eigenvalue weighted by molar-refractivity contribution is 5.53. The lowest BCUT2D eigenvalue weighted by atomic mass is 9.89. The summed E-state index contributed by atoms with van der Waals surface area (Å²) in [6.07, 6.45) is 7.60. The lowest BCUT2D eigenvalue weighted by Crippen LogP contribution is -2.40. The highest BCUT2D eigenvalue weighted by Crippen LogP contribution is 2.42. The van der Waals surface area contributed by atoms with Gasteiger partial charge in [0, 0.05) is 42.2 Å². The van der Waals surface area contributed by atoms with E-state index in [2.05, 4.69) is 27.2 Å². The molecule has 1 aliphatic carbocycles. The number of hydrogen-bond acceptors (Lipinski definition) is 5. The van der Waals surface area contributed by atoms with Crippen LogP contribution in [0, 0.1) is 29.4 Å². The van der Waals surface area contributed by atoms with Crippen LogP contribution in [0.15, 0.2) is 90.0 Å². The molecule has 0 aliphatic heterocycles. The monoisotopic (exact) mass is 566 g/mol. The van der Waals surface area contributed by atoms with Gasteiger partial charge in [0.1, 0.15) is 29.5 Å². The van der Waals surface area contributed by atoms with Crippen molar-refractivity contribution in [1.29, 1.82) is 0 Å². The largest absolute Gasteiger partial charge is 0.384 e. The zero-order valence-corrected chi connectivity index (χ0v) is 21.7. The maximum absolute atomic E-state index is 15.7. The van der Waals surface area contributed by atoms with E-state index >= 15 is 8.78 Å². The molecule has 6 nitrogen and oxygen atoms in total. The number of pyridine rings is 1. The number of benzene rings is 2. The predicted molar refractivity (Wildman–Crippen MR) is 148 cm³/mol. The topological polar surface area (TPSA) is 92.6 Å². The molecule has 0 radical (unpaired) electrons. The zero-order valence-electron chi connectivity index (χ0n) is 21.7. The third kappa shape index (κ3) is 7.70. The Hall–Kier alpha value is -4.69. The SMILES string of the molecule is N/N=C\N(N)CC(c1ccc(F)cc1F)C(F)(F)c1ccc(C#Cc2ccc(NCC3C=CC(F)=CC3)cc2)cn1. The van der Waals surface area contributed by atoms with Gasteiger partial charge in [0.15, 0.2) is 0 Å². The summed E-state index contributed by atoms with van der Waals surface area (Å²) < 4.78 is 72.4. The molecule has 5 N–H and O–H groups in total. The summed E-state index contributed by atoms with van der Waals surface area (Å²) in [4.78, 5) is 3.89. The van der Waals surface area contributed by atoms with E-state index in [0.29, 0.717) is 30.2 Å². The molecule has 3 aromatic rings. The van der Waals surface area contributed by atoms with Gasteiger partial charge in [-0.1, -0.05) is 24.0 Å². The average Bonchev–Trinajstić information content (AvgIpc) is 2.96. The van der Waals surface area contributed by atoms with Crippen molar-refractivity contribution in [3.63, 3.8) is 0 Å². The van der Waals surface area contributed by atoms with Crippen LogP contribution in [0.25, 0.3) is 0 Å². The number of alkyl halides is 2. The maximum atomic E-state index is 15.7. The van der Waals surface area contributed by atoms with Crippen molar-refractivity contribution in [1.82, 2.24) is 9.99 Å². The Morgan fingerprint density at radius 1 is 1.07 bits per heavy atom. The number of rotatable bonds is 9. The summed E-state index contributed by atoms with van der Waals surface area (Å²) >= 11 is 0. The molecule has 0 saturated heterocycles. The van der Waals surface area contributed by atoms with Crippen LogP contribution >= 0.6 is 0 Å². The molecule has 41 heavy (non-hydrogen) atoms. The Kier molecular flexibility index (Phi) is 9.37. The Morgan fingerprint density at radius 3 is 2.44 bits per heavy atom. The molecule has 11 heteroatoms. The number of hydrazone groups is 1. The molecule has 1 aromatic heterocycles. The third-order valence-electron chi connectivity index (χ3n) is 6.44. The first-order chi connectivity index (χ1) is 19.7. The second-order valence-corrected chi connectivity index (χ2v) is 9.39. The number of nitrogens with one attached hydrogen (secondary N) is 1. The molecule has 0 saturated carbocycles. The Labute approximate surface area is 234 Å². The van der Waals surface area contributed by atoms with E-state index in [4.69, 9.17) is 11.7 Å². The van der Waals surface area contributed by atoms with Gasteiger partial charge in [-0.2, -0.15) is 13.9 Å². The van der Waals surface area contributed by atoms with Crippen molar-refractivity contribution in [2.24, 2.45) is 22.7 Å². The van der Waals surface area contributed by atoms with Crippen molar-refractivity contribution in [2.75, 3.05) is 18.4 Å². The lowest BCUT2D eigenvalue weighted by molar-refractivity contribution is -0.0443. The molecule has 0 amide bonds. The van der Waals surface area contributed by atoms with Crippen LogP contribution in [0.5, 0.6) is 0 Å². The summed E-state index contributed by atoms with van der Waals surface area (Å²) in [6, 6.07) is 12.2. The fourth-order valence-electron chi connectivity index (χ4n) is 4.23. The van der Waals surface area contributed by atoms with E-state index in [1.54, 1.807) is 6.08 Å². The van der Waals surface area contributed by atoms with E-state index < -0.39 is 41.3 Å². The van der Waals surface area contributed by atoms with E-state index in [-0.39, 0.29) is 11.7 Å². The van der Waals surface area contributed by atoms with Crippen molar-refractivity contribution >= 4 is 12.0 Å². The van der Waals surface area contributed by atoms with Crippen molar-refractivity contribution in [2.45, 2.75) is 18.3 Å². The van der Waals surface area contributed by atoms with Crippen LogP contribution in [0.1, 0.15) is 34.7 Å². The fraction of sp³-hybridized carbons (Fsp3) is 0.200. The number of nitrogens with two attached hydrogens (primary N) is 2. The van der Waals surface area contributed by atoms with Crippen LogP contribution in [-0.2, 0) is 5.92 Å². The van der Waals surface area contributed by atoms with Gasteiger partial charge in [-0.05, 0) is 72.5 Å². The van der Waals surface area contributed by atoms with Crippen LogP contribution in [0.2, 0.25) is 0 Å². The van der Waals surface area contributed by atoms with Gasteiger partial charge in [0.05, 0.1) is 5.92 Å². The second kappa shape index (κ2) is 13.1. The van der Waals surface area contributed by atoms with Gasteiger partial charge in [-0.25, -0.2) is 19.0 Å². The van der Waals surface area contributed by atoms with Gasteiger partial charge < -0.3 is 11.2 Å². The highest BCUT2D eigenvalue weighted by Gasteiger charge is 2.45. The first-order valence-electron chi connectivity index (χ1n) is 12.6. The van der Waals surface area contributed by atoms with Crippen molar-refractivity contribution in [3.05, 3.63) is 119 Å².